The number of halogens is 1. The first-order chi connectivity index (χ1) is 8.87. The molecule has 1 aliphatic heterocycles. The van der Waals surface area contributed by atoms with Crippen molar-refractivity contribution in [2.24, 2.45) is 11.1 Å². The van der Waals surface area contributed by atoms with Crippen LogP contribution in [0, 0.1) is 5.41 Å². The van der Waals surface area contributed by atoms with E-state index in [0.29, 0.717) is 11.4 Å². The molecule has 19 heavy (non-hydrogen) atoms. The van der Waals surface area contributed by atoms with Crippen LogP contribution >= 0.6 is 11.6 Å². The molecule has 2 aliphatic rings. The van der Waals surface area contributed by atoms with E-state index in [2.05, 4.69) is 0 Å². The van der Waals surface area contributed by atoms with E-state index in [-0.39, 0.29) is 11.0 Å². The molecule has 0 aromatic heterocycles. The monoisotopic (exact) mass is 281 g/mol. The lowest BCUT2D eigenvalue weighted by atomic mass is 9.96. The molecule has 1 saturated carbocycles. The van der Waals surface area contributed by atoms with Crippen molar-refractivity contribution in [3.63, 3.8) is 0 Å². The number of benzene rings is 1. The van der Waals surface area contributed by atoms with Gasteiger partial charge in [-0.25, -0.2) is 0 Å². The average molecular weight is 282 g/mol. The summed E-state index contributed by atoms with van der Waals surface area (Å²) in [7, 11) is 0. The topological polar surface area (TPSA) is 44.5 Å². The second-order valence-corrected chi connectivity index (χ2v) is 7.04. The van der Waals surface area contributed by atoms with Gasteiger partial charge in [-0.05, 0) is 44.7 Å². The Kier molecular flexibility index (Phi) is 2.95. The Labute approximate surface area is 119 Å². The maximum atomic E-state index is 6.32. The Hall–Kier alpha value is -0.930. The number of nitrogens with two attached hydrogens (primary N) is 1. The molecule has 0 unspecified atom stereocenters. The van der Waals surface area contributed by atoms with Crippen molar-refractivity contribution in [2.75, 3.05) is 13.2 Å². The first-order valence-electron chi connectivity index (χ1n) is 6.74. The molecular weight excluding hydrogens is 262 g/mol. The van der Waals surface area contributed by atoms with E-state index >= 15 is 0 Å². The normalized spacial score (nSPS) is 20.2. The zero-order chi connectivity index (χ0) is 13.7. The van der Waals surface area contributed by atoms with E-state index in [0.717, 1.165) is 30.3 Å². The second-order valence-electron chi connectivity index (χ2n) is 6.63. The highest BCUT2D eigenvalue weighted by Gasteiger charge is 2.46. The fourth-order valence-electron chi connectivity index (χ4n) is 2.40. The molecule has 1 aromatic carbocycles. The first-order valence-corrected chi connectivity index (χ1v) is 7.12. The van der Waals surface area contributed by atoms with Crippen LogP contribution in [0.3, 0.4) is 0 Å². The van der Waals surface area contributed by atoms with Crippen molar-refractivity contribution in [1.29, 1.82) is 0 Å². The predicted molar refractivity (Wildman–Crippen MR) is 76.1 cm³/mol. The Morgan fingerprint density at radius 1 is 1.21 bits per heavy atom. The van der Waals surface area contributed by atoms with Crippen molar-refractivity contribution in [3.05, 3.63) is 22.7 Å². The highest BCUT2D eigenvalue weighted by molar-refractivity contribution is 6.31. The second kappa shape index (κ2) is 4.29. The van der Waals surface area contributed by atoms with Crippen molar-refractivity contribution in [1.82, 2.24) is 0 Å². The van der Waals surface area contributed by atoms with Crippen LogP contribution in [0.25, 0.3) is 0 Å². The third-order valence-electron chi connectivity index (χ3n) is 3.78. The average Bonchev–Trinajstić information content (AvgIpc) is 3.08. The maximum absolute atomic E-state index is 6.32. The van der Waals surface area contributed by atoms with E-state index < -0.39 is 0 Å². The van der Waals surface area contributed by atoms with Crippen LogP contribution in [0.2, 0.25) is 5.02 Å². The number of hydrogen-bond acceptors (Lipinski definition) is 3. The third-order valence-corrected chi connectivity index (χ3v) is 4.14. The van der Waals surface area contributed by atoms with Crippen LogP contribution in [-0.4, -0.2) is 18.8 Å². The van der Waals surface area contributed by atoms with Crippen molar-refractivity contribution in [3.8, 4) is 11.5 Å². The lowest BCUT2D eigenvalue weighted by molar-refractivity contribution is 0.197. The van der Waals surface area contributed by atoms with Crippen LogP contribution in [0.5, 0.6) is 11.5 Å². The van der Waals surface area contributed by atoms with Crippen LogP contribution in [0.15, 0.2) is 12.1 Å². The van der Waals surface area contributed by atoms with Crippen LogP contribution in [0.4, 0.5) is 0 Å². The highest BCUT2D eigenvalue weighted by Crippen LogP contribution is 2.49. The van der Waals surface area contributed by atoms with Gasteiger partial charge in [0.15, 0.2) is 11.5 Å². The van der Waals surface area contributed by atoms with Crippen LogP contribution in [-0.2, 0) is 6.42 Å². The smallest absolute Gasteiger partial charge is 0.162 e. The van der Waals surface area contributed by atoms with E-state index in [9.17, 15) is 0 Å². The van der Waals surface area contributed by atoms with Crippen molar-refractivity contribution >= 4 is 11.6 Å². The summed E-state index contributed by atoms with van der Waals surface area (Å²) >= 11 is 6.32. The molecule has 1 spiro atoms. The van der Waals surface area contributed by atoms with E-state index in [1.807, 2.05) is 26.0 Å². The lowest BCUT2D eigenvalue weighted by Gasteiger charge is -2.20. The molecule has 2 N–H and O–H groups in total. The highest BCUT2D eigenvalue weighted by atomic mass is 35.5. The van der Waals surface area contributed by atoms with Gasteiger partial charge in [0.25, 0.3) is 0 Å². The molecule has 0 saturated heterocycles. The Balaban J connectivity index is 1.88. The predicted octanol–water partition coefficient (Wildman–Crippen LogP) is 3.17. The summed E-state index contributed by atoms with van der Waals surface area (Å²) in [4.78, 5) is 0. The number of hydrogen-bond donors (Lipinski definition) is 1. The summed E-state index contributed by atoms with van der Waals surface area (Å²) in [5, 5.41) is 0.702. The molecule has 3 nitrogen and oxygen atoms in total. The SMILES string of the molecule is CC(C)(N)Cc1cc2c(cc1Cl)OCC1(CC1)CO2. The molecule has 104 valence electrons. The van der Waals surface area contributed by atoms with Crippen LogP contribution < -0.4 is 15.2 Å². The molecule has 1 fully saturated rings. The molecule has 0 amide bonds. The molecule has 0 radical (unpaired) electrons. The standard InChI is InChI=1S/C15H20ClNO2/c1-14(2,17)7-10-5-12-13(6-11(10)16)19-9-15(3-4-15)8-18-12/h5-6H,3-4,7-9,17H2,1-2H3. The van der Waals surface area contributed by atoms with Gasteiger partial charge in [-0.2, -0.15) is 0 Å². The molecule has 4 heteroatoms. The van der Waals surface area contributed by atoms with Gasteiger partial charge in [0.1, 0.15) is 0 Å². The van der Waals surface area contributed by atoms with Crippen molar-refractivity contribution in [2.45, 2.75) is 38.6 Å². The molecule has 1 aliphatic carbocycles. The van der Waals surface area contributed by atoms with E-state index in [4.69, 9.17) is 26.8 Å². The summed E-state index contributed by atoms with van der Waals surface area (Å²) in [6.45, 7) is 5.46. The van der Waals surface area contributed by atoms with E-state index in [1.165, 1.54) is 12.8 Å². The fourth-order valence-corrected chi connectivity index (χ4v) is 2.62. The molecule has 0 bridgehead atoms. The van der Waals surface area contributed by atoms with Gasteiger partial charge in [0.2, 0.25) is 0 Å². The van der Waals surface area contributed by atoms with Gasteiger partial charge >= 0.3 is 0 Å². The Bertz CT molecular complexity index is 504. The first kappa shape index (κ1) is 13.1. The zero-order valence-electron chi connectivity index (χ0n) is 11.5. The van der Waals surface area contributed by atoms with Crippen molar-refractivity contribution < 1.29 is 9.47 Å². The minimum absolute atomic E-state index is 0.249. The Morgan fingerprint density at radius 3 is 2.32 bits per heavy atom. The van der Waals surface area contributed by atoms with E-state index in [1.54, 1.807) is 0 Å². The van der Waals surface area contributed by atoms with Gasteiger partial charge < -0.3 is 15.2 Å². The third kappa shape index (κ3) is 2.82. The largest absolute Gasteiger partial charge is 0.489 e. The summed E-state index contributed by atoms with van der Waals surface area (Å²) in [5.41, 5.74) is 7.04. The van der Waals surface area contributed by atoms with Gasteiger partial charge in [-0.3, -0.25) is 0 Å². The summed E-state index contributed by atoms with van der Waals surface area (Å²) < 4.78 is 11.8. The van der Waals surface area contributed by atoms with Crippen LogP contribution in [0.1, 0.15) is 32.3 Å². The van der Waals surface area contributed by atoms with Gasteiger partial charge in [-0.1, -0.05) is 11.6 Å². The molecule has 3 rings (SSSR count). The minimum Gasteiger partial charge on any atom is -0.489 e. The Morgan fingerprint density at radius 2 is 1.79 bits per heavy atom. The molecular formula is C15H20ClNO2. The quantitative estimate of drug-likeness (QED) is 0.905. The number of ether oxygens (including phenoxy) is 2. The minimum atomic E-state index is -0.290. The molecule has 1 aromatic rings. The number of fused-ring (bicyclic) bond motifs is 1. The summed E-state index contributed by atoms with van der Waals surface area (Å²) in [6, 6.07) is 3.84. The van der Waals surface area contributed by atoms with Gasteiger partial charge in [-0.15, -0.1) is 0 Å². The molecule has 1 heterocycles. The summed E-state index contributed by atoms with van der Waals surface area (Å²) in [5.74, 6) is 1.56. The zero-order valence-corrected chi connectivity index (χ0v) is 12.2. The molecule has 0 atom stereocenters. The number of rotatable bonds is 2. The maximum Gasteiger partial charge on any atom is 0.162 e. The lowest BCUT2D eigenvalue weighted by Crippen LogP contribution is -2.34. The van der Waals surface area contributed by atoms with Gasteiger partial charge in [0.05, 0.1) is 13.2 Å². The summed E-state index contributed by atoms with van der Waals surface area (Å²) in [6.07, 6.45) is 3.10. The van der Waals surface area contributed by atoms with Gasteiger partial charge in [0, 0.05) is 22.0 Å². The fraction of sp³-hybridized carbons (Fsp3) is 0.600.